The maximum absolute atomic E-state index is 12.9. The number of nitrogens with zero attached hydrogens (tertiary/aromatic N) is 3. The zero-order valence-electron chi connectivity index (χ0n) is 12.9. The van der Waals surface area contributed by atoms with E-state index in [0.29, 0.717) is 5.92 Å². The minimum absolute atomic E-state index is 0.198. The summed E-state index contributed by atoms with van der Waals surface area (Å²) in [5.74, 6) is 1.33. The van der Waals surface area contributed by atoms with E-state index in [9.17, 15) is 4.39 Å². The van der Waals surface area contributed by atoms with Crippen LogP contribution in [0, 0.1) is 11.7 Å². The Bertz CT molecular complexity index is 548. The Morgan fingerprint density at radius 3 is 2.52 bits per heavy atom. The van der Waals surface area contributed by atoms with Gasteiger partial charge >= 0.3 is 0 Å². The van der Waals surface area contributed by atoms with Crippen LogP contribution in [-0.4, -0.2) is 27.9 Å². The number of hydrogen-bond donors (Lipinski definition) is 1. The molecule has 0 aliphatic rings. The maximum atomic E-state index is 12.9. The van der Waals surface area contributed by atoms with Gasteiger partial charge in [-0.2, -0.15) is 5.10 Å². The molecule has 0 fully saturated rings. The molecule has 0 bridgehead atoms. The van der Waals surface area contributed by atoms with Crippen LogP contribution >= 0.6 is 0 Å². The average molecular weight is 290 g/mol. The van der Waals surface area contributed by atoms with Crippen molar-refractivity contribution in [2.45, 2.75) is 39.3 Å². The van der Waals surface area contributed by atoms with Crippen molar-refractivity contribution >= 4 is 0 Å². The molecule has 1 N–H and O–H groups in total. The molecule has 21 heavy (non-hydrogen) atoms. The van der Waals surface area contributed by atoms with Crippen LogP contribution in [-0.2, 0) is 19.4 Å². The molecule has 4 nitrogen and oxygen atoms in total. The van der Waals surface area contributed by atoms with Crippen LogP contribution in [0.25, 0.3) is 0 Å². The zero-order chi connectivity index (χ0) is 15.2. The third-order valence-electron chi connectivity index (χ3n) is 3.47. The molecule has 1 heterocycles. The lowest BCUT2D eigenvalue weighted by Gasteiger charge is -2.17. The highest BCUT2D eigenvalue weighted by Crippen LogP contribution is 2.10. The van der Waals surface area contributed by atoms with Crippen molar-refractivity contribution < 1.29 is 4.39 Å². The predicted molar refractivity (Wildman–Crippen MR) is 81.5 cm³/mol. The molecular formula is C16H23FN4. The van der Waals surface area contributed by atoms with Crippen molar-refractivity contribution in [3.05, 3.63) is 47.8 Å². The topological polar surface area (TPSA) is 42.7 Å². The highest BCUT2D eigenvalue weighted by molar-refractivity contribution is 5.17. The highest BCUT2D eigenvalue weighted by Gasteiger charge is 2.13. The van der Waals surface area contributed by atoms with Crippen LogP contribution in [0.2, 0.25) is 0 Å². The van der Waals surface area contributed by atoms with Crippen molar-refractivity contribution in [3.63, 3.8) is 0 Å². The number of aromatic nitrogens is 3. The van der Waals surface area contributed by atoms with Crippen LogP contribution in [0.4, 0.5) is 4.39 Å². The third kappa shape index (κ3) is 4.63. The number of likely N-dealkylation sites (N-methyl/N-ethyl adjacent to an activating group) is 1. The molecule has 0 radical (unpaired) electrons. The second-order valence-corrected chi connectivity index (χ2v) is 5.77. The lowest BCUT2D eigenvalue weighted by atomic mass is 10.0. The first-order valence-electron chi connectivity index (χ1n) is 7.37. The predicted octanol–water partition coefficient (Wildman–Crippen LogP) is 2.45. The van der Waals surface area contributed by atoms with E-state index in [-0.39, 0.29) is 11.9 Å². The molecule has 0 aliphatic carbocycles. The Labute approximate surface area is 125 Å². The second kappa shape index (κ2) is 7.31. The van der Waals surface area contributed by atoms with E-state index in [1.165, 1.54) is 12.1 Å². The van der Waals surface area contributed by atoms with Crippen LogP contribution in [0.15, 0.2) is 30.6 Å². The number of rotatable bonds is 7. The maximum Gasteiger partial charge on any atom is 0.138 e. The minimum Gasteiger partial charge on any atom is -0.316 e. The smallest absolute Gasteiger partial charge is 0.138 e. The highest BCUT2D eigenvalue weighted by atomic mass is 19.1. The van der Waals surface area contributed by atoms with Crippen LogP contribution in [0.3, 0.4) is 0 Å². The van der Waals surface area contributed by atoms with Crippen molar-refractivity contribution in [2.24, 2.45) is 5.92 Å². The van der Waals surface area contributed by atoms with E-state index in [2.05, 4.69) is 29.2 Å². The summed E-state index contributed by atoms with van der Waals surface area (Å²) in [6, 6.07) is 6.93. The van der Waals surface area contributed by atoms with Gasteiger partial charge in [0.2, 0.25) is 0 Å². The molecular weight excluding hydrogens is 267 g/mol. The molecule has 0 saturated carbocycles. The van der Waals surface area contributed by atoms with Crippen molar-refractivity contribution in [1.29, 1.82) is 0 Å². The molecule has 2 aromatic rings. The van der Waals surface area contributed by atoms with Crippen LogP contribution in [0.1, 0.15) is 25.2 Å². The summed E-state index contributed by atoms with van der Waals surface area (Å²) in [4.78, 5) is 4.36. The molecule has 0 spiro atoms. The van der Waals surface area contributed by atoms with Gasteiger partial charge in [0.15, 0.2) is 0 Å². The quantitative estimate of drug-likeness (QED) is 0.851. The van der Waals surface area contributed by atoms with Crippen molar-refractivity contribution in [2.75, 3.05) is 7.05 Å². The Morgan fingerprint density at radius 1 is 1.19 bits per heavy atom. The molecule has 0 aliphatic heterocycles. The monoisotopic (exact) mass is 290 g/mol. The summed E-state index contributed by atoms with van der Waals surface area (Å²) in [6.45, 7) is 5.21. The van der Waals surface area contributed by atoms with Gasteiger partial charge in [-0.25, -0.2) is 14.1 Å². The van der Waals surface area contributed by atoms with E-state index in [0.717, 1.165) is 30.8 Å². The van der Waals surface area contributed by atoms with Gasteiger partial charge in [0.05, 0.1) is 0 Å². The Hall–Kier alpha value is -1.75. The number of benzene rings is 1. The van der Waals surface area contributed by atoms with Gasteiger partial charge in [0.25, 0.3) is 0 Å². The first-order chi connectivity index (χ1) is 10.1. The summed E-state index contributed by atoms with van der Waals surface area (Å²) in [5, 5.41) is 7.60. The van der Waals surface area contributed by atoms with Gasteiger partial charge in [0, 0.05) is 19.0 Å². The summed E-state index contributed by atoms with van der Waals surface area (Å²) in [7, 11) is 1.94. The van der Waals surface area contributed by atoms with E-state index in [4.69, 9.17) is 0 Å². The number of hydrogen-bond acceptors (Lipinski definition) is 3. The Morgan fingerprint density at radius 2 is 1.90 bits per heavy atom. The van der Waals surface area contributed by atoms with Gasteiger partial charge in [-0.1, -0.05) is 26.0 Å². The average Bonchev–Trinajstić information content (AvgIpc) is 2.87. The molecule has 1 aromatic carbocycles. The fourth-order valence-corrected chi connectivity index (χ4v) is 2.35. The lowest BCUT2D eigenvalue weighted by Crippen LogP contribution is -2.31. The summed E-state index contributed by atoms with van der Waals surface area (Å²) < 4.78 is 14.9. The van der Waals surface area contributed by atoms with Crippen molar-refractivity contribution in [3.8, 4) is 0 Å². The molecule has 5 heteroatoms. The number of nitrogens with one attached hydrogen (secondary N) is 1. The van der Waals surface area contributed by atoms with Gasteiger partial charge < -0.3 is 5.32 Å². The van der Waals surface area contributed by atoms with Crippen molar-refractivity contribution in [1.82, 2.24) is 20.1 Å². The normalized spacial score (nSPS) is 12.8. The fraction of sp³-hybridized carbons (Fsp3) is 0.500. The first-order valence-corrected chi connectivity index (χ1v) is 7.37. The molecule has 1 atom stereocenters. The summed E-state index contributed by atoms with van der Waals surface area (Å²) >= 11 is 0. The molecule has 0 saturated heterocycles. The first kappa shape index (κ1) is 15.6. The van der Waals surface area contributed by atoms with Gasteiger partial charge in [-0.3, -0.25) is 0 Å². The van der Waals surface area contributed by atoms with E-state index < -0.39 is 0 Å². The van der Waals surface area contributed by atoms with Crippen LogP contribution < -0.4 is 5.32 Å². The Kier molecular flexibility index (Phi) is 5.44. The molecule has 114 valence electrons. The number of halogens is 1. The summed E-state index contributed by atoms with van der Waals surface area (Å²) in [5.41, 5.74) is 1.12. The van der Waals surface area contributed by atoms with Gasteiger partial charge in [-0.15, -0.1) is 0 Å². The molecule has 2 rings (SSSR count). The Balaban J connectivity index is 2.02. The zero-order valence-corrected chi connectivity index (χ0v) is 12.9. The second-order valence-electron chi connectivity index (χ2n) is 5.77. The summed E-state index contributed by atoms with van der Waals surface area (Å²) in [6.07, 6.45) is 3.26. The fourth-order valence-electron chi connectivity index (χ4n) is 2.35. The third-order valence-corrected chi connectivity index (χ3v) is 3.47. The molecule has 1 unspecified atom stereocenters. The van der Waals surface area contributed by atoms with Gasteiger partial charge in [0.1, 0.15) is 18.0 Å². The minimum atomic E-state index is -0.198. The standard InChI is InChI=1S/C16H23FN4/c1-12(2)10-21-16(19-11-20-21)9-15(18-3)8-13-4-6-14(17)7-5-13/h4-7,11-12,15,18H,8-10H2,1-3H3. The molecule has 1 aromatic heterocycles. The largest absolute Gasteiger partial charge is 0.316 e. The SMILES string of the molecule is CNC(Cc1ccc(F)cc1)Cc1ncnn1CC(C)C. The van der Waals surface area contributed by atoms with E-state index >= 15 is 0 Å². The van der Waals surface area contributed by atoms with Gasteiger partial charge in [-0.05, 0) is 37.1 Å². The van der Waals surface area contributed by atoms with E-state index in [1.54, 1.807) is 6.33 Å². The lowest BCUT2D eigenvalue weighted by molar-refractivity contribution is 0.447. The van der Waals surface area contributed by atoms with Crippen LogP contribution in [0.5, 0.6) is 0 Å². The van der Waals surface area contributed by atoms with E-state index in [1.807, 2.05) is 23.9 Å². The molecule has 0 amide bonds.